The van der Waals surface area contributed by atoms with Crippen molar-refractivity contribution in [2.75, 3.05) is 13.6 Å². The minimum absolute atomic E-state index is 0.542. The van der Waals surface area contributed by atoms with E-state index in [0.717, 1.165) is 12.5 Å². The molecule has 1 aliphatic rings. The topological polar surface area (TPSA) is 3.24 Å². The SMILES string of the molecule is CC.CC.CC(C)C.CC1=C(c2ccccc2C)N(C)CC=C1.CCC(C)(C)C. The second-order valence-electron chi connectivity index (χ2n) is 8.78. The summed E-state index contributed by atoms with van der Waals surface area (Å²) in [5.74, 6) is 0.833. The second kappa shape index (κ2) is 18.5. The maximum Gasteiger partial charge on any atom is 0.0472 e. The molecule has 1 nitrogen and oxygen atoms in total. The van der Waals surface area contributed by atoms with Crippen molar-refractivity contribution in [1.82, 2.24) is 4.90 Å². The van der Waals surface area contributed by atoms with Gasteiger partial charge in [0.1, 0.15) is 0 Å². The van der Waals surface area contributed by atoms with Crippen LogP contribution in [0.25, 0.3) is 5.70 Å². The molecule has 29 heavy (non-hydrogen) atoms. The van der Waals surface area contributed by atoms with Gasteiger partial charge in [-0.1, -0.05) is 119 Å². The largest absolute Gasteiger partial charge is 0.370 e. The fourth-order valence-corrected chi connectivity index (χ4v) is 2.12. The average Bonchev–Trinajstić information content (AvgIpc) is 2.66. The molecular formula is C28H53N. The van der Waals surface area contributed by atoms with Gasteiger partial charge < -0.3 is 4.90 Å². The molecule has 1 aromatic rings. The minimum Gasteiger partial charge on any atom is -0.370 e. The summed E-state index contributed by atoms with van der Waals surface area (Å²) in [4.78, 5) is 2.30. The zero-order valence-electron chi connectivity index (χ0n) is 22.4. The lowest BCUT2D eigenvalue weighted by Gasteiger charge is -2.27. The van der Waals surface area contributed by atoms with Crippen LogP contribution in [0.3, 0.4) is 0 Å². The molecular weight excluding hydrogens is 350 g/mol. The summed E-state index contributed by atoms with van der Waals surface area (Å²) in [6, 6.07) is 8.56. The van der Waals surface area contributed by atoms with E-state index < -0.39 is 0 Å². The van der Waals surface area contributed by atoms with E-state index in [1.54, 1.807) is 0 Å². The smallest absolute Gasteiger partial charge is 0.0472 e. The molecule has 0 aliphatic carbocycles. The van der Waals surface area contributed by atoms with Gasteiger partial charge in [-0.15, -0.1) is 0 Å². The summed E-state index contributed by atoms with van der Waals surface area (Å²) in [6.07, 6.45) is 5.69. The first-order chi connectivity index (χ1) is 13.5. The molecule has 1 heteroatoms. The summed E-state index contributed by atoms with van der Waals surface area (Å²) in [7, 11) is 2.15. The van der Waals surface area contributed by atoms with Crippen molar-refractivity contribution in [3.8, 4) is 0 Å². The van der Waals surface area contributed by atoms with Crippen LogP contribution >= 0.6 is 0 Å². The quantitative estimate of drug-likeness (QED) is 0.451. The lowest BCUT2D eigenvalue weighted by atomic mass is 9.94. The van der Waals surface area contributed by atoms with Crippen LogP contribution in [0.2, 0.25) is 0 Å². The molecule has 1 aliphatic heterocycles. The van der Waals surface area contributed by atoms with Crippen LogP contribution < -0.4 is 0 Å². The number of hydrogen-bond donors (Lipinski definition) is 0. The van der Waals surface area contributed by atoms with Gasteiger partial charge in [0.15, 0.2) is 0 Å². The minimum atomic E-state index is 0.542. The Hall–Kier alpha value is -1.50. The number of likely N-dealkylation sites (N-methyl/N-ethyl adjacent to an activating group) is 1. The highest BCUT2D eigenvalue weighted by Gasteiger charge is 2.13. The Bertz CT molecular complexity index is 553. The average molecular weight is 404 g/mol. The maximum atomic E-state index is 2.30. The van der Waals surface area contributed by atoms with Crippen LogP contribution in [0.15, 0.2) is 42.0 Å². The van der Waals surface area contributed by atoms with Crippen LogP contribution in [-0.4, -0.2) is 18.5 Å². The Morgan fingerprint density at radius 1 is 0.931 bits per heavy atom. The van der Waals surface area contributed by atoms with Crippen LogP contribution in [0.1, 0.15) is 101 Å². The van der Waals surface area contributed by atoms with E-state index >= 15 is 0 Å². The van der Waals surface area contributed by atoms with Crippen molar-refractivity contribution in [3.05, 3.63) is 53.1 Å². The van der Waals surface area contributed by atoms with E-state index in [2.05, 4.69) is 111 Å². The number of benzene rings is 1. The Balaban J connectivity index is -0.000000404. The highest BCUT2D eigenvalue weighted by molar-refractivity contribution is 5.72. The molecule has 0 radical (unpaired) electrons. The lowest BCUT2D eigenvalue weighted by molar-refractivity contribution is 0.398. The zero-order valence-corrected chi connectivity index (χ0v) is 22.4. The molecule has 2 rings (SSSR count). The number of hydrogen-bond acceptors (Lipinski definition) is 1. The van der Waals surface area contributed by atoms with Gasteiger partial charge in [-0.05, 0) is 36.3 Å². The molecule has 0 N–H and O–H groups in total. The van der Waals surface area contributed by atoms with E-state index in [1.807, 2.05) is 27.7 Å². The number of rotatable bonds is 1. The van der Waals surface area contributed by atoms with Crippen molar-refractivity contribution in [3.63, 3.8) is 0 Å². The zero-order chi connectivity index (χ0) is 23.6. The highest BCUT2D eigenvalue weighted by Crippen LogP contribution is 2.27. The first kappa shape index (κ1) is 32.2. The maximum absolute atomic E-state index is 2.30. The third-order valence-electron chi connectivity index (χ3n) is 3.96. The molecule has 0 aromatic heterocycles. The Kier molecular flexibility index (Phi) is 20.6. The van der Waals surface area contributed by atoms with Gasteiger partial charge in [0.2, 0.25) is 0 Å². The standard InChI is InChI=1S/C14H17N.C6H14.C4H10.2C2H6/c1-11-7-4-5-9-13(11)14-12(2)8-6-10-15(14)3;1-5-6(2,3)4;1-4(2)3;2*1-2/h4-9H,10H2,1-3H3;5H2,1-4H3;4H,1-3H3;2*1-2H3. The molecule has 0 saturated heterocycles. The van der Waals surface area contributed by atoms with Gasteiger partial charge in [-0.2, -0.15) is 0 Å². The van der Waals surface area contributed by atoms with E-state index in [-0.39, 0.29) is 0 Å². The lowest BCUT2D eigenvalue weighted by Crippen LogP contribution is -2.20. The number of aryl methyl sites for hydroxylation is 1. The van der Waals surface area contributed by atoms with Crippen molar-refractivity contribution in [2.24, 2.45) is 11.3 Å². The fourth-order valence-electron chi connectivity index (χ4n) is 2.12. The van der Waals surface area contributed by atoms with Crippen molar-refractivity contribution >= 4 is 5.70 Å². The van der Waals surface area contributed by atoms with Crippen LogP contribution in [0.4, 0.5) is 0 Å². The van der Waals surface area contributed by atoms with Crippen molar-refractivity contribution in [2.45, 2.75) is 96.4 Å². The molecule has 0 bridgehead atoms. The summed E-state index contributed by atoms with van der Waals surface area (Å²) < 4.78 is 0. The predicted octanol–water partition coefficient (Wildman–Crippen LogP) is 9.38. The molecule has 0 unspecified atom stereocenters. The third-order valence-corrected chi connectivity index (χ3v) is 3.96. The van der Waals surface area contributed by atoms with E-state index in [4.69, 9.17) is 0 Å². The Labute approximate surface area is 185 Å². The first-order valence-electron chi connectivity index (χ1n) is 11.6. The summed E-state index contributed by atoms with van der Waals surface area (Å²) in [6.45, 7) is 28.8. The van der Waals surface area contributed by atoms with Gasteiger partial charge >= 0.3 is 0 Å². The summed E-state index contributed by atoms with van der Waals surface area (Å²) in [5.41, 5.74) is 5.93. The molecule has 1 heterocycles. The third kappa shape index (κ3) is 17.1. The van der Waals surface area contributed by atoms with Crippen LogP contribution in [0, 0.1) is 18.3 Å². The monoisotopic (exact) mass is 403 g/mol. The number of allylic oxidation sites excluding steroid dienone is 2. The molecule has 0 saturated carbocycles. The Morgan fingerprint density at radius 2 is 1.34 bits per heavy atom. The first-order valence-corrected chi connectivity index (χ1v) is 11.6. The van der Waals surface area contributed by atoms with E-state index in [0.29, 0.717) is 5.41 Å². The predicted molar refractivity (Wildman–Crippen MR) is 138 cm³/mol. The normalized spacial score (nSPS) is 12.4. The van der Waals surface area contributed by atoms with E-state index in [9.17, 15) is 0 Å². The highest BCUT2D eigenvalue weighted by atomic mass is 15.1. The van der Waals surface area contributed by atoms with Crippen LogP contribution in [0.5, 0.6) is 0 Å². The summed E-state index contributed by atoms with van der Waals surface area (Å²) in [5, 5.41) is 0. The molecule has 0 atom stereocenters. The van der Waals surface area contributed by atoms with Crippen molar-refractivity contribution < 1.29 is 0 Å². The van der Waals surface area contributed by atoms with Gasteiger partial charge in [-0.25, -0.2) is 0 Å². The van der Waals surface area contributed by atoms with Crippen molar-refractivity contribution in [1.29, 1.82) is 0 Å². The molecule has 170 valence electrons. The molecule has 1 aromatic carbocycles. The Morgan fingerprint density at radius 3 is 1.69 bits per heavy atom. The molecule has 0 fully saturated rings. The molecule has 0 amide bonds. The van der Waals surface area contributed by atoms with Gasteiger partial charge in [0, 0.05) is 24.9 Å². The fraction of sp³-hybridized carbons (Fsp3) is 0.643. The second-order valence-corrected chi connectivity index (χ2v) is 8.78. The number of nitrogens with zero attached hydrogens (tertiary/aromatic N) is 1. The van der Waals surface area contributed by atoms with Gasteiger partial charge in [0.05, 0.1) is 0 Å². The van der Waals surface area contributed by atoms with E-state index in [1.165, 1.54) is 28.8 Å². The van der Waals surface area contributed by atoms with Gasteiger partial charge in [0.25, 0.3) is 0 Å². The molecule has 0 spiro atoms. The summed E-state index contributed by atoms with van der Waals surface area (Å²) >= 11 is 0. The van der Waals surface area contributed by atoms with Crippen LogP contribution in [-0.2, 0) is 0 Å². The van der Waals surface area contributed by atoms with Gasteiger partial charge in [-0.3, -0.25) is 0 Å².